The van der Waals surface area contributed by atoms with Crippen LogP contribution in [-0.4, -0.2) is 42.1 Å². The van der Waals surface area contributed by atoms with E-state index in [-0.39, 0.29) is 12.4 Å². The maximum absolute atomic E-state index is 5.74. The molecule has 0 aromatic carbocycles. The highest BCUT2D eigenvalue weighted by molar-refractivity contribution is 7.99. The van der Waals surface area contributed by atoms with Crippen molar-refractivity contribution in [2.24, 2.45) is 17.6 Å². The summed E-state index contributed by atoms with van der Waals surface area (Å²) in [5, 5.41) is 0. The van der Waals surface area contributed by atoms with Gasteiger partial charge in [-0.1, -0.05) is 0 Å². The third-order valence-electron chi connectivity index (χ3n) is 3.64. The molecule has 0 spiro atoms. The lowest BCUT2D eigenvalue weighted by Crippen LogP contribution is -2.33. The maximum atomic E-state index is 5.74. The molecular formula is C11H23ClN2S. The first kappa shape index (κ1) is 13.6. The minimum Gasteiger partial charge on any atom is -0.330 e. The summed E-state index contributed by atoms with van der Waals surface area (Å²) in [5.41, 5.74) is 5.74. The molecule has 2 aliphatic heterocycles. The largest absolute Gasteiger partial charge is 0.330 e. The van der Waals surface area contributed by atoms with E-state index in [4.69, 9.17) is 5.73 Å². The van der Waals surface area contributed by atoms with E-state index in [2.05, 4.69) is 23.6 Å². The quantitative estimate of drug-likeness (QED) is 0.829. The van der Waals surface area contributed by atoms with Gasteiger partial charge in [0.25, 0.3) is 0 Å². The molecule has 0 radical (unpaired) electrons. The van der Waals surface area contributed by atoms with E-state index in [1.807, 2.05) is 0 Å². The van der Waals surface area contributed by atoms with Crippen molar-refractivity contribution >= 4 is 24.2 Å². The highest BCUT2D eigenvalue weighted by Gasteiger charge is 2.30. The van der Waals surface area contributed by atoms with Gasteiger partial charge >= 0.3 is 0 Å². The van der Waals surface area contributed by atoms with E-state index in [1.54, 1.807) is 0 Å². The van der Waals surface area contributed by atoms with E-state index < -0.39 is 0 Å². The molecule has 3 atom stereocenters. The molecule has 0 aromatic rings. The predicted molar refractivity (Wildman–Crippen MR) is 70.9 cm³/mol. The molecule has 2 fully saturated rings. The summed E-state index contributed by atoms with van der Waals surface area (Å²) in [6.45, 7) is 5.81. The molecule has 2 nitrogen and oxygen atoms in total. The topological polar surface area (TPSA) is 29.3 Å². The molecule has 2 aliphatic rings. The summed E-state index contributed by atoms with van der Waals surface area (Å²) in [5.74, 6) is 4.49. The summed E-state index contributed by atoms with van der Waals surface area (Å²) in [6.07, 6.45) is 2.75. The molecule has 0 aliphatic carbocycles. The highest BCUT2D eigenvalue weighted by atomic mass is 35.5. The Hall–Kier alpha value is 0.560. The zero-order valence-corrected chi connectivity index (χ0v) is 11.2. The molecule has 0 bridgehead atoms. The van der Waals surface area contributed by atoms with Gasteiger partial charge in [-0.2, -0.15) is 11.8 Å². The molecular weight excluding hydrogens is 228 g/mol. The first-order valence-electron chi connectivity index (χ1n) is 5.81. The first-order valence-corrected chi connectivity index (χ1v) is 6.97. The second kappa shape index (κ2) is 6.33. The predicted octanol–water partition coefficient (Wildman–Crippen LogP) is 1.83. The van der Waals surface area contributed by atoms with Gasteiger partial charge in [0.15, 0.2) is 0 Å². The van der Waals surface area contributed by atoms with Crippen molar-refractivity contribution in [3.05, 3.63) is 0 Å². The van der Waals surface area contributed by atoms with Gasteiger partial charge in [-0.25, -0.2) is 0 Å². The fourth-order valence-electron chi connectivity index (χ4n) is 2.70. The van der Waals surface area contributed by atoms with E-state index in [1.165, 1.54) is 37.4 Å². The lowest BCUT2D eigenvalue weighted by molar-refractivity contribution is 0.230. The molecule has 90 valence electrons. The van der Waals surface area contributed by atoms with Crippen molar-refractivity contribution < 1.29 is 0 Å². The lowest BCUT2D eigenvalue weighted by Gasteiger charge is -2.24. The maximum Gasteiger partial charge on any atom is 0.00707 e. The van der Waals surface area contributed by atoms with Crippen LogP contribution in [0.3, 0.4) is 0 Å². The number of halogens is 1. The Kier molecular flexibility index (Phi) is 5.75. The molecule has 2 rings (SSSR count). The zero-order valence-electron chi connectivity index (χ0n) is 9.52. The number of hydrogen-bond acceptors (Lipinski definition) is 3. The normalized spacial score (nSPS) is 36.8. The molecule has 2 saturated heterocycles. The average molecular weight is 251 g/mol. The Balaban J connectivity index is 0.00000112. The molecule has 0 aromatic heterocycles. The van der Waals surface area contributed by atoms with Crippen LogP contribution in [0.2, 0.25) is 0 Å². The van der Waals surface area contributed by atoms with Crippen LogP contribution < -0.4 is 5.73 Å². The van der Waals surface area contributed by atoms with Gasteiger partial charge in [0.05, 0.1) is 0 Å². The first-order chi connectivity index (χ1) is 6.79. The van der Waals surface area contributed by atoms with Crippen LogP contribution in [0.5, 0.6) is 0 Å². The van der Waals surface area contributed by atoms with E-state index in [0.717, 1.165) is 24.4 Å². The molecule has 2 heterocycles. The fraction of sp³-hybridized carbons (Fsp3) is 1.00. The molecule has 0 amide bonds. The number of nitrogens with zero attached hydrogens (tertiary/aromatic N) is 1. The molecule has 2 N–H and O–H groups in total. The van der Waals surface area contributed by atoms with Crippen LogP contribution >= 0.6 is 24.2 Å². The molecule has 3 unspecified atom stereocenters. The summed E-state index contributed by atoms with van der Waals surface area (Å²) in [7, 11) is 0. The van der Waals surface area contributed by atoms with Crippen LogP contribution in [0.15, 0.2) is 0 Å². The Morgan fingerprint density at radius 1 is 1.40 bits per heavy atom. The number of thioether (sulfide) groups is 1. The standard InChI is InChI=1S/C11H22N2S.ClH/c1-9-4-11(5-12)7-13(9)6-10-2-3-14-8-10;/h9-11H,2-8,12H2,1H3;1H. The second-order valence-electron chi connectivity index (χ2n) is 4.87. The Morgan fingerprint density at radius 3 is 2.73 bits per heavy atom. The third kappa shape index (κ3) is 3.52. The van der Waals surface area contributed by atoms with E-state index >= 15 is 0 Å². The van der Waals surface area contributed by atoms with Crippen molar-refractivity contribution in [3.63, 3.8) is 0 Å². The number of nitrogens with two attached hydrogens (primary N) is 1. The van der Waals surface area contributed by atoms with Gasteiger partial charge in [-0.15, -0.1) is 12.4 Å². The summed E-state index contributed by atoms with van der Waals surface area (Å²) in [6, 6.07) is 0.772. The third-order valence-corrected chi connectivity index (χ3v) is 4.87. The summed E-state index contributed by atoms with van der Waals surface area (Å²) in [4.78, 5) is 2.66. The summed E-state index contributed by atoms with van der Waals surface area (Å²) >= 11 is 2.12. The van der Waals surface area contributed by atoms with Crippen molar-refractivity contribution in [3.8, 4) is 0 Å². The van der Waals surface area contributed by atoms with Crippen molar-refractivity contribution in [2.45, 2.75) is 25.8 Å². The zero-order chi connectivity index (χ0) is 9.97. The SMILES string of the molecule is CC1CC(CN)CN1CC1CCSC1.Cl. The fourth-order valence-corrected chi connectivity index (χ4v) is 3.97. The van der Waals surface area contributed by atoms with Crippen LogP contribution in [0.4, 0.5) is 0 Å². The van der Waals surface area contributed by atoms with Gasteiger partial charge in [0.1, 0.15) is 0 Å². The van der Waals surface area contributed by atoms with Crippen LogP contribution in [0.1, 0.15) is 19.8 Å². The lowest BCUT2D eigenvalue weighted by atomic mass is 10.1. The number of hydrogen-bond donors (Lipinski definition) is 1. The van der Waals surface area contributed by atoms with Crippen LogP contribution in [0.25, 0.3) is 0 Å². The van der Waals surface area contributed by atoms with Gasteiger partial charge in [0, 0.05) is 19.1 Å². The van der Waals surface area contributed by atoms with Crippen LogP contribution in [-0.2, 0) is 0 Å². The number of rotatable bonds is 3. The van der Waals surface area contributed by atoms with Crippen molar-refractivity contribution in [2.75, 3.05) is 31.1 Å². The van der Waals surface area contributed by atoms with Crippen molar-refractivity contribution in [1.82, 2.24) is 4.90 Å². The minimum atomic E-state index is 0. The number of likely N-dealkylation sites (tertiary alicyclic amines) is 1. The Bertz CT molecular complexity index is 185. The summed E-state index contributed by atoms with van der Waals surface area (Å²) < 4.78 is 0. The van der Waals surface area contributed by atoms with Crippen molar-refractivity contribution in [1.29, 1.82) is 0 Å². The Labute approximate surface area is 104 Å². The molecule has 15 heavy (non-hydrogen) atoms. The second-order valence-corrected chi connectivity index (χ2v) is 6.02. The molecule has 4 heteroatoms. The smallest absolute Gasteiger partial charge is 0.00707 e. The van der Waals surface area contributed by atoms with E-state index in [9.17, 15) is 0 Å². The van der Waals surface area contributed by atoms with Gasteiger partial charge in [-0.05, 0) is 49.7 Å². The van der Waals surface area contributed by atoms with Gasteiger partial charge in [-0.3, -0.25) is 0 Å². The Morgan fingerprint density at radius 2 is 2.20 bits per heavy atom. The van der Waals surface area contributed by atoms with Gasteiger partial charge in [0.2, 0.25) is 0 Å². The minimum absolute atomic E-state index is 0. The van der Waals surface area contributed by atoms with Gasteiger partial charge < -0.3 is 10.6 Å². The van der Waals surface area contributed by atoms with Crippen LogP contribution in [0, 0.1) is 11.8 Å². The van der Waals surface area contributed by atoms with E-state index in [0.29, 0.717) is 0 Å². The monoisotopic (exact) mass is 250 g/mol. The molecule has 0 saturated carbocycles. The average Bonchev–Trinajstić information content (AvgIpc) is 2.78. The highest BCUT2D eigenvalue weighted by Crippen LogP contribution is 2.28.